The van der Waals surface area contributed by atoms with Gasteiger partial charge < -0.3 is 0 Å². The topological polar surface area (TPSA) is 0 Å². The Hall–Kier alpha value is 1.52. The van der Waals surface area contributed by atoms with Crippen molar-refractivity contribution in [3.05, 3.63) is 0 Å². The van der Waals surface area contributed by atoms with Crippen LogP contribution in [0.15, 0.2) is 0 Å². The molecule has 0 aromatic carbocycles. The standard InChI is InChI=1S/C4H7S2.Sb.2H/c1-5-4-2-6-3-4;;;/h4H,1-3H2;;;. The van der Waals surface area contributed by atoms with Crippen LogP contribution in [0.5, 0.6) is 0 Å². The first-order valence-corrected chi connectivity index (χ1v) is 6.86. The first kappa shape index (κ1) is 6.64. The van der Waals surface area contributed by atoms with Crippen LogP contribution < -0.4 is 0 Å². The average molecular weight is 243 g/mol. The van der Waals surface area contributed by atoms with E-state index >= 15 is 0 Å². The Balaban J connectivity index is 1.93. The molecule has 0 N–H and O–H groups in total. The Morgan fingerprint density at radius 1 is 1.71 bits per heavy atom. The molecule has 1 fully saturated rings. The summed E-state index contributed by atoms with van der Waals surface area (Å²) in [5.74, 6) is 2.84. The average Bonchev–Trinajstić information content (AvgIpc) is 1.55. The van der Waals surface area contributed by atoms with Crippen molar-refractivity contribution in [2.45, 2.75) is 5.25 Å². The summed E-state index contributed by atoms with van der Waals surface area (Å²) in [7, 11) is 0. The minimum atomic E-state index is 1.04. The molecule has 0 aliphatic carbocycles. The van der Waals surface area contributed by atoms with E-state index < -0.39 is 0 Å². The predicted octanol–water partition coefficient (Wildman–Crippen LogP) is 0.426. The summed E-state index contributed by atoms with van der Waals surface area (Å²) in [6.45, 7) is 0. The third-order valence-electron chi connectivity index (χ3n) is 0.939. The molecule has 0 aromatic heterocycles. The SMILES string of the molecule is [SbH2][CH2]SC1CSC1. The van der Waals surface area contributed by atoms with E-state index in [2.05, 4.69) is 23.5 Å². The summed E-state index contributed by atoms with van der Waals surface area (Å²) in [6, 6.07) is 0. The normalized spacial score (nSPS) is 21.9. The van der Waals surface area contributed by atoms with Gasteiger partial charge in [-0.2, -0.15) is 0 Å². The van der Waals surface area contributed by atoms with Crippen molar-refractivity contribution in [1.29, 1.82) is 0 Å². The molecule has 1 saturated heterocycles. The van der Waals surface area contributed by atoms with Gasteiger partial charge in [-0.05, 0) is 0 Å². The van der Waals surface area contributed by atoms with Crippen LogP contribution >= 0.6 is 23.5 Å². The molecule has 0 bridgehead atoms. The Bertz CT molecular complexity index is 53.7. The van der Waals surface area contributed by atoms with Crippen LogP contribution in [0, 0.1) is 0 Å². The van der Waals surface area contributed by atoms with Crippen LogP contribution in [0.4, 0.5) is 0 Å². The molecule has 0 spiro atoms. The Labute approximate surface area is 66.7 Å². The zero-order chi connectivity index (χ0) is 5.11. The number of thioether (sulfide) groups is 2. The molecule has 0 nitrogen and oxygen atoms in total. The zero-order valence-corrected chi connectivity index (χ0v) is 9.02. The van der Waals surface area contributed by atoms with E-state index in [1.807, 2.05) is 0 Å². The number of hydrogen-bond donors (Lipinski definition) is 0. The fourth-order valence-electron chi connectivity index (χ4n) is 0.446. The number of rotatable bonds is 2. The molecule has 1 heterocycles. The van der Waals surface area contributed by atoms with E-state index in [1.165, 1.54) is 38.2 Å². The van der Waals surface area contributed by atoms with Gasteiger partial charge in [0.15, 0.2) is 0 Å². The van der Waals surface area contributed by atoms with Gasteiger partial charge in [0.2, 0.25) is 0 Å². The van der Waals surface area contributed by atoms with E-state index in [9.17, 15) is 0 Å². The fraction of sp³-hybridized carbons (Fsp3) is 1.00. The van der Waals surface area contributed by atoms with Crippen molar-refractivity contribution in [2.75, 3.05) is 15.2 Å². The van der Waals surface area contributed by atoms with Crippen LogP contribution in [-0.4, -0.2) is 43.5 Å². The quantitative estimate of drug-likeness (QED) is 0.645. The summed E-state index contributed by atoms with van der Waals surface area (Å²) >= 11 is 5.67. The van der Waals surface area contributed by atoms with Gasteiger partial charge in [-0.25, -0.2) is 0 Å². The molecular formula is C4H9S2Sb. The molecule has 42 valence electrons. The van der Waals surface area contributed by atoms with Crippen LogP contribution in [0.25, 0.3) is 0 Å². The summed E-state index contributed by atoms with van der Waals surface area (Å²) in [5, 5.41) is 1.04. The van der Waals surface area contributed by atoms with Gasteiger partial charge in [0.05, 0.1) is 0 Å². The fourth-order valence-corrected chi connectivity index (χ4v) is 4.82. The summed E-state index contributed by atoms with van der Waals surface area (Å²) in [5.41, 5.74) is 0. The van der Waals surface area contributed by atoms with E-state index in [0.717, 1.165) is 5.25 Å². The molecule has 1 rings (SSSR count). The maximum atomic E-state index is 2.15. The summed E-state index contributed by atoms with van der Waals surface area (Å²) in [4.78, 5) is 0. The monoisotopic (exact) mass is 242 g/mol. The minimum absolute atomic E-state index is 1.04. The Morgan fingerprint density at radius 2 is 2.43 bits per heavy atom. The molecule has 3 heteroatoms. The number of hydrogen-bond acceptors (Lipinski definition) is 2. The van der Waals surface area contributed by atoms with Gasteiger partial charge in [-0.15, -0.1) is 0 Å². The first-order chi connectivity index (χ1) is 3.43. The van der Waals surface area contributed by atoms with Crippen LogP contribution in [-0.2, 0) is 0 Å². The second-order valence-electron chi connectivity index (χ2n) is 1.49. The molecule has 0 radical (unpaired) electrons. The Kier molecular flexibility index (Phi) is 3.34. The molecule has 1 aliphatic heterocycles. The molecule has 0 aromatic rings. The summed E-state index contributed by atoms with van der Waals surface area (Å²) < 4.78 is 1.43. The van der Waals surface area contributed by atoms with Gasteiger partial charge >= 0.3 is 67.0 Å². The van der Waals surface area contributed by atoms with Crippen LogP contribution in [0.1, 0.15) is 0 Å². The molecule has 0 saturated carbocycles. The van der Waals surface area contributed by atoms with Crippen molar-refractivity contribution in [1.82, 2.24) is 0 Å². The molecule has 7 heavy (non-hydrogen) atoms. The van der Waals surface area contributed by atoms with Crippen molar-refractivity contribution in [3.8, 4) is 0 Å². The molecule has 0 amide bonds. The predicted molar refractivity (Wildman–Crippen MR) is 42.1 cm³/mol. The van der Waals surface area contributed by atoms with E-state index in [-0.39, 0.29) is 0 Å². The third-order valence-corrected chi connectivity index (χ3v) is 5.28. The molecule has 0 atom stereocenters. The van der Waals surface area contributed by atoms with Crippen molar-refractivity contribution in [2.24, 2.45) is 0 Å². The summed E-state index contributed by atoms with van der Waals surface area (Å²) in [6.07, 6.45) is 0. The van der Waals surface area contributed by atoms with Crippen molar-refractivity contribution >= 4 is 46.5 Å². The second-order valence-corrected chi connectivity index (χ2v) is 6.76. The Morgan fingerprint density at radius 3 is 2.57 bits per heavy atom. The zero-order valence-electron chi connectivity index (χ0n) is 4.09. The molecular weight excluding hydrogens is 234 g/mol. The van der Waals surface area contributed by atoms with Crippen molar-refractivity contribution in [3.63, 3.8) is 0 Å². The van der Waals surface area contributed by atoms with Crippen LogP contribution in [0.2, 0.25) is 0 Å². The van der Waals surface area contributed by atoms with Crippen LogP contribution in [0.3, 0.4) is 0 Å². The van der Waals surface area contributed by atoms with E-state index in [4.69, 9.17) is 0 Å². The molecule has 0 unspecified atom stereocenters. The van der Waals surface area contributed by atoms with Gasteiger partial charge in [0.25, 0.3) is 0 Å². The molecule has 1 aliphatic rings. The van der Waals surface area contributed by atoms with Gasteiger partial charge in [0, 0.05) is 0 Å². The van der Waals surface area contributed by atoms with Gasteiger partial charge in [0.1, 0.15) is 0 Å². The first-order valence-electron chi connectivity index (χ1n) is 2.33. The third kappa shape index (κ3) is 2.07. The van der Waals surface area contributed by atoms with Gasteiger partial charge in [-0.3, -0.25) is 0 Å². The van der Waals surface area contributed by atoms with Gasteiger partial charge in [-0.1, -0.05) is 0 Å². The maximum absolute atomic E-state index is 2.15. The second kappa shape index (κ2) is 3.53. The van der Waals surface area contributed by atoms with E-state index in [1.54, 1.807) is 0 Å². The van der Waals surface area contributed by atoms with Crippen molar-refractivity contribution < 1.29 is 0 Å². The van der Waals surface area contributed by atoms with E-state index in [0.29, 0.717) is 0 Å².